The second-order valence-electron chi connectivity index (χ2n) is 11.6. The number of nitrogens with one attached hydrogen (secondary N) is 1. The first-order chi connectivity index (χ1) is 18.0. The molecule has 0 bridgehead atoms. The average molecular weight is 551 g/mol. The molecule has 0 radical (unpaired) electrons. The second-order valence-corrected chi connectivity index (χ2v) is 17.8. The van der Waals surface area contributed by atoms with E-state index in [9.17, 15) is 8.42 Å². The molecule has 1 N–H and O–H groups in total. The minimum Gasteiger partial charge on any atom is -0.402 e. The molecule has 2 heterocycles. The molecule has 0 amide bonds. The maximum atomic E-state index is 13.4. The largest absolute Gasteiger partial charge is 0.402 e. The predicted octanol–water partition coefficient (Wildman–Crippen LogP) is 3.85. The molecule has 2 saturated heterocycles. The van der Waals surface area contributed by atoms with Crippen LogP contribution in [0.4, 0.5) is 0 Å². The van der Waals surface area contributed by atoms with E-state index in [1.165, 1.54) is 10.4 Å². The number of sulfonamides is 1. The third-order valence-electron chi connectivity index (χ3n) is 8.01. The first-order valence-electron chi connectivity index (χ1n) is 13.3. The number of benzene rings is 3. The number of hydrogen-bond donors (Lipinski definition) is 1. The normalized spacial score (nSPS) is 23.3. The summed E-state index contributed by atoms with van der Waals surface area (Å²) in [7, 11) is -6.36. The van der Waals surface area contributed by atoms with E-state index in [0.717, 1.165) is 5.56 Å². The maximum absolute atomic E-state index is 13.4. The van der Waals surface area contributed by atoms with Crippen molar-refractivity contribution < 1.29 is 17.7 Å². The molecule has 38 heavy (non-hydrogen) atoms. The van der Waals surface area contributed by atoms with Gasteiger partial charge >= 0.3 is 0 Å². The lowest BCUT2D eigenvalue weighted by molar-refractivity contribution is -0.0473. The van der Waals surface area contributed by atoms with Crippen molar-refractivity contribution in [3.63, 3.8) is 0 Å². The van der Waals surface area contributed by atoms with Crippen LogP contribution >= 0.6 is 0 Å². The molecule has 3 aromatic carbocycles. The molecule has 0 aromatic heterocycles. The monoisotopic (exact) mass is 550 g/mol. The molecule has 8 heteroatoms. The van der Waals surface area contributed by atoms with Gasteiger partial charge in [-0.2, -0.15) is 9.79 Å². The van der Waals surface area contributed by atoms with Crippen molar-refractivity contribution in [2.45, 2.75) is 62.8 Å². The SMILES string of the molecule is Cc1ccc(S(=O)(=O)N2C[C@@H]3[C@@H]([C@H](C)O[Si](c4ccccc4)(c4ccccc4)C(C)(C)C)ON[C@@H]3C2)cc1. The van der Waals surface area contributed by atoms with E-state index < -0.39 is 18.3 Å². The Labute approximate surface area is 228 Å². The Morgan fingerprint density at radius 1 is 0.921 bits per heavy atom. The highest BCUT2D eigenvalue weighted by molar-refractivity contribution is 7.89. The molecular formula is C30H38N2O4SSi. The van der Waals surface area contributed by atoms with Crippen molar-refractivity contribution in [3.8, 4) is 0 Å². The lowest BCUT2D eigenvalue weighted by atomic mass is 9.96. The van der Waals surface area contributed by atoms with Crippen molar-refractivity contribution >= 4 is 28.7 Å². The number of hydrogen-bond acceptors (Lipinski definition) is 5. The van der Waals surface area contributed by atoms with Crippen molar-refractivity contribution in [1.82, 2.24) is 9.79 Å². The van der Waals surface area contributed by atoms with Gasteiger partial charge in [0.1, 0.15) is 6.10 Å². The van der Waals surface area contributed by atoms with E-state index in [2.05, 4.69) is 81.7 Å². The number of nitrogens with zero attached hydrogens (tertiary/aromatic N) is 1. The van der Waals surface area contributed by atoms with Gasteiger partial charge in [0.15, 0.2) is 0 Å². The van der Waals surface area contributed by atoms with Crippen molar-refractivity contribution in [3.05, 3.63) is 90.5 Å². The molecular weight excluding hydrogens is 512 g/mol. The molecule has 3 aromatic rings. The highest BCUT2D eigenvalue weighted by Gasteiger charge is 2.55. The third-order valence-corrected chi connectivity index (χ3v) is 15.0. The quantitative estimate of drug-likeness (QED) is 0.453. The Hall–Kier alpha value is -2.33. The second kappa shape index (κ2) is 10.3. The smallest absolute Gasteiger partial charge is 0.261 e. The summed E-state index contributed by atoms with van der Waals surface area (Å²) < 4.78 is 35.7. The van der Waals surface area contributed by atoms with Gasteiger partial charge in [0.05, 0.1) is 17.0 Å². The molecule has 2 fully saturated rings. The molecule has 2 aliphatic heterocycles. The predicted molar refractivity (Wildman–Crippen MR) is 153 cm³/mol. The van der Waals surface area contributed by atoms with Crippen LogP contribution in [0.15, 0.2) is 89.8 Å². The van der Waals surface area contributed by atoms with E-state index in [4.69, 9.17) is 9.26 Å². The molecule has 5 rings (SSSR count). The summed E-state index contributed by atoms with van der Waals surface area (Å²) >= 11 is 0. The molecule has 4 atom stereocenters. The number of rotatable bonds is 7. The van der Waals surface area contributed by atoms with Crippen LogP contribution in [-0.2, 0) is 19.3 Å². The van der Waals surface area contributed by atoms with Gasteiger partial charge in [0, 0.05) is 19.0 Å². The minimum absolute atomic E-state index is 0.0107. The van der Waals surface area contributed by atoms with Gasteiger partial charge in [-0.25, -0.2) is 8.42 Å². The Kier molecular flexibility index (Phi) is 7.41. The summed E-state index contributed by atoms with van der Waals surface area (Å²) in [6.45, 7) is 11.6. The van der Waals surface area contributed by atoms with Gasteiger partial charge in [-0.05, 0) is 41.4 Å². The van der Waals surface area contributed by atoms with Crippen LogP contribution < -0.4 is 15.9 Å². The standard InChI is InChI=1S/C30H38N2O4SSi/c1-22-16-18-24(19-17-22)37(33,34)32-20-27-28(21-32)31-35-29(27)23(2)36-38(30(3,4)5,25-12-8-6-9-13-25)26-14-10-7-11-15-26/h6-19,23,27-29,31H,20-21H2,1-5H3/t23-,27-,28+,29+/m0/s1. The van der Waals surface area contributed by atoms with Gasteiger partial charge in [-0.1, -0.05) is 99.1 Å². The summed E-state index contributed by atoms with van der Waals surface area (Å²) in [4.78, 5) is 6.45. The van der Waals surface area contributed by atoms with E-state index in [-0.39, 0.29) is 29.2 Å². The Morgan fingerprint density at radius 3 is 2.00 bits per heavy atom. The van der Waals surface area contributed by atoms with Gasteiger partial charge in [0.25, 0.3) is 8.32 Å². The molecule has 6 nitrogen and oxygen atoms in total. The Balaban J connectivity index is 1.44. The van der Waals surface area contributed by atoms with Gasteiger partial charge in [-0.15, -0.1) is 0 Å². The van der Waals surface area contributed by atoms with E-state index in [1.54, 1.807) is 16.4 Å². The van der Waals surface area contributed by atoms with Gasteiger partial charge in [-0.3, -0.25) is 4.84 Å². The topological polar surface area (TPSA) is 67.9 Å². The maximum Gasteiger partial charge on any atom is 0.261 e. The third kappa shape index (κ3) is 4.78. The van der Waals surface area contributed by atoms with Crippen LogP contribution in [0.5, 0.6) is 0 Å². The fraction of sp³-hybridized carbons (Fsp3) is 0.400. The van der Waals surface area contributed by atoms with Crippen LogP contribution in [0.3, 0.4) is 0 Å². The Bertz CT molecular complexity index is 1310. The summed E-state index contributed by atoms with van der Waals surface area (Å²) in [5.74, 6) is -0.0107. The van der Waals surface area contributed by atoms with Crippen LogP contribution in [0.25, 0.3) is 0 Å². The fourth-order valence-corrected chi connectivity index (χ4v) is 12.2. The van der Waals surface area contributed by atoms with E-state index >= 15 is 0 Å². The zero-order valence-corrected chi connectivity index (χ0v) is 24.6. The van der Waals surface area contributed by atoms with Gasteiger partial charge < -0.3 is 4.43 Å². The average Bonchev–Trinajstić information content (AvgIpc) is 3.50. The van der Waals surface area contributed by atoms with Crippen LogP contribution in [-0.4, -0.2) is 52.4 Å². The molecule has 0 unspecified atom stereocenters. The molecule has 0 aliphatic carbocycles. The first kappa shape index (κ1) is 27.2. The van der Waals surface area contributed by atoms with Crippen LogP contribution in [0.1, 0.15) is 33.3 Å². The molecule has 0 saturated carbocycles. The van der Waals surface area contributed by atoms with Crippen molar-refractivity contribution in [1.29, 1.82) is 0 Å². The fourth-order valence-electron chi connectivity index (χ4n) is 6.04. The zero-order chi connectivity index (χ0) is 27.1. The highest BCUT2D eigenvalue weighted by Crippen LogP contribution is 2.40. The zero-order valence-electron chi connectivity index (χ0n) is 22.8. The lowest BCUT2D eigenvalue weighted by Gasteiger charge is -2.45. The first-order valence-corrected chi connectivity index (χ1v) is 16.7. The molecule has 202 valence electrons. The summed E-state index contributed by atoms with van der Waals surface area (Å²) in [6, 6.07) is 28.1. The minimum atomic E-state index is -3.59. The van der Waals surface area contributed by atoms with Crippen LogP contribution in [0, 0.1) is 12.8 Å². The Morgan fingerprint density at radius 2 is 1.47 bits per heavy atom. The lowest BCUT2D eigenvalue weighted by Crippen LogP contribution is -2.68. The number of hydroxylamine groups is 1. The highest BCUT2D eigenvalue weighted by atomic mass is 32.2. The van der Waals surface area contributed by atoms with Crippen molar-refractivity contribution in [2.75, 3.05) is 13.1 Å². The van der Waals surface area contributed by atoms with Crippen LogP contribution in [0.2, 0.25) is 5.04 Å². The van der Waals surface area contributed by atoms with Gasteiger partial charge in [0.2, 0.25) is 10.0 Å². The van der Waals surface area contributed by atoms with Crippen molar-refractivity contribution in [2.24, 2.45) is 5.92 Å². The van der Waals surface area contributed by atoms with E-state index in [0.29, 0.717) is 18.0 Å². The molecule has 0 spiro atoms. The summed E-state index contributed by atoms with van der Waals surface area (Å²) in [6.07, 6.45) is -0.536. The number of fused-ring (bicyclic) bond motifs is 1. The van der Waals surface area contributed by atoms with E-state index in [1.807, 2.05) is 31.2 Å². The molecule has 2 aliphatic rings. The summed E-state index contributed by atoms with van der Waals surface area (Å²) in [5.41, 5.74) is 4.18. The summed E-state index contributed by atoms with van der Waals surface area (Å²) in [5, 5.41) is 2.26. The number of aryl methyl sites for hydroxylation is 1.